The molecule has 0 aliphatic carbocycles. The minimum atomic E-state index is -3.91. The Bertz CT molecular complexity index is 1020. The molecule has 0 unspecified atom stereocenters. The number of nitro groups is 1. The molecule has 118 valence electrons. The van der Waals surface area contributed by atoms with E-state index in [4.69, 9.17) is 0 Å². The quantitative estimate of drug-likeness (QED) is 0.498. The van der Waals surface area contributed by atoms with Crippen LogP contribution < -0.4 is 0 Å². The highest BCUT2D eigenvalue weighted by Gasteiger charge is 2.25. The van der Waals surface area contributed by atoms with Gasteiger partial charge in [-0.2, -0.15) is 0 Å². The van der Waals surface area contributed by atoms with Gasteiger partial charge in [0.05, 0.1) is 9.82 Å². The summed E-state index contributed by atoms with van der Waals surface area (Å²) in [6.07, 6.45) is 1.33. The molecule has 0 saturated carbocycles. The van der Waals surface area contributed by atoms with Crippen molar-refractivity contribution >= 4 is 42.5 Å². The second-order valence-corrected chi connectivity index (χ2v) is 7.78. The third kappa shape index (κ3) is 2.64. The van der Waals surface area contributed by atoms with Crippen LogP contribution in [0.3, 0.4) is 0 Å². The van der Waals surface area contributed by atoms with Crippen molar-refractivity contribution in [2.75, 3.05) is 0 Å². The van der Waals surface area contributed by atoms with Crippen LogP contribution >= 0.6 is 15.9 Å². The molecule has 0 N–H and O–H groups in total. The average molecular weight is 395 g/mol. The number of nitro benzene ring substituents is 1. The Morgan fingerprint density at radius 2 is 1.78 bits per heavy atom. The largest absolute Gasteiger partial charge is 0.295 e. The zero-order chi connectivity index (χ0) is 16.8. The number of hydrogen-bond donors (Lipinski definition) is 0. The van der Waals surface area contributed by atoms with Gasteiger partial charge in [0.2, 0.25) is 0 Å². The first-order valence-electron chi connectivity index (χ1n) is 6.58. The van der Waals surface area contributed by atoms with Crippen LogP contribution in [0, 0.1) is 17.0 Å². The van der Waals surface area contributed by atoms with Gasteiger partial charge in [0.15, 0.2) is 0 Å². The first kappa shape index (κ1) is 15.7. The van der Waals surface area contributed by atoms with Crippen LogP contribution in [0.2, 0.25) is 0 Å². The minimum absolute atomic E-state index is 0.0544. The highest BCUT2D eigenvalue weighted by molar-refractivity contribution is 9.10. The third-order valence-electron chi connectivity index (χ3n) is 3.47. The van der Waals surface area contributed by atoms with Gasteiger partial charge < -0.3 is 0 Å². The monoisotopic (exact) mass is 394 g/mol. The summed E-state index contributed by atoms with van der Waals surface area (Å²) in [5.41, 5.74) is 0.713. The summed E-state index contributed by atoms with van der Waals surface area (Å²) in [5, 5.41) is 11.8. The molecule has 3 aromatic rings. The van der Waals surface area contributed by atoms with Gasteiger partial charge >= 0.3 is 0 Å². The van der Waals surface area contributed by atoms with Gasteiger partial charge in [-0.25, -0.2) is 12.4 Å². The summed E-state index contributed by atoms with van der Waals surface area (Å²) in [5.74, 6) is 0. The number of rotatable bonds is 3. The first-order chi connectivity index (χ1) is 10.8. The Morgan fingerprint density at radius 1 is 1.13 bits per heavy atom. The van der Waals surface area contributed by atoms with Crippen LogP contribution in [-0.4, -0.2) is 17.3 Å². The zero-order valence-electron chi connectivity index (χ0n) is 11.9. The SMILES string of the molecule is Cc1ccc(S(=O)(=O)n2ccc3cc(Br)cc([N+](=O)[O-])c32)cc1. The van der Waals surface area contributed by atoms with Crippen molar-refractivity contribution in [1.29, 1.82) is 0 Å². The second kappa shape index (κ2) is 5.47. The lowest BCUT2D eigenvalue weighted by Gasteiger charge is -2.08. The molecule has 2 aromatic carbocycles. The Kier molecular flexibility index (Phi) is 3.73. The fourth-order valence-corrected chi connectivity index (χ4v) is 4.19. The number of aryl methyl sites for hydroxylation is 1. The van der Waals surface area contributed by atoms with Crippen LogP contribution in [0.5, 0.6) is 0 Å². The maximum Gasteiger partial charge on any atom is 0.295 e. The van der Waals surface area contributed by atoms with Crippen LogP contribution in [0.15, 0.2) is 58.0 Å². The van der Waals surface area contributed by atoms with E-state index < -0.39 is 14.9 Å². The fourth-order valence-electron chi connectivity index (χ4n) is 2.36. The average Bonchev–Trinajstić information content (AvgIpc) is 2.91. The lowest BCUT2D eigenvalue weighted by molar-refractivity contribution is -0.383. The lowest BCUT2D eigenvalue weighted by atomic mass is 10.2. The number of fused-ring (bicyclic) bond motifs is 1. The maximum atomic E-state index is 12.8. The smallest absolute Gasteiger partial charge is 0.258 e. The molecule has 23 heavy (non-hydrogen) atoms. The Balaban J connectivity index is 2.32. The fraction of sp³-hybridized carbons (Fsp3) is 0.0667. The summed E-state index contributed by atoms with van der Waals surface area (Å²) in [6.45, 7) is 1.85. The number of hydrogen-bond acceptors (Lipinski definition) is 4. The van der Waals surface area contributed by atoms with Gasteiger partial charge in [0.1, 0.15) is 5.52 Å². The van der Waals surface area contributed by atoms with Crippen molar-refractivity contribution in [2.45, 2.75) is 11.8 Å². The van der Waals surface area contributed by atoms with E-state index in [0.717, 1.165) is 9.54 Å². The predicted molar refractivity (Wildman–Crippen MR) is 90.1 cm³/mol. The molecule has 0 radical (unpaired) electrons. The van der Waals surface area contributed by atoms with Crippen LogP contribution in [-0.2, 0) is 10.0 Å². The van der Waals surface area contributed by atoms with E-state index >= 15 is 0 Å². The summed E-state index contributed by atoms with van der Waals surface area (Å²) in [4.78, 5) is 10.8. The van der Waals surface area contributed by atoms with Gasteiger partial charge in [-0.15, -0.1) is 0 Å². The van der Waals surface area contributed by atoms with Gasteiger partial charge in [-0.1, -0.05) is 33.6 Å². The molecular formula is C15H11BrN2O4S. The van der Waals surface area contributed by atoms with Gasteiger partial charge in [0.25, 0.3) is 15.7 Å². The Morgan fingerprint density at radius 3 is 2.39 bits per heavy atom. The number of halogens is 1. The molecule has 3 rings (SSSR count). The number of aromatic nitrogens is 1. The van der Waals surface area contributed by atoms with E-state index in [-0.39, 0.29) is 16.1 Å². The molecule has 0 bridgehead atoms. The summed E-state index contributed by atoms with van der Waals surface area (Å²) >= 11 is 3.20. The van der Waals surface area contributed by atoms with Crippen LogP contribution in [0.1, 0.15) is 5.56 Å². The zero-order valence-corrected chi connectivity index (χ0v) is 14.3. The van der Waals surface area contributed by atoms with Crippen molar-refractivity contribution in [2.24, 2.45) is 0 Å². The highest BCUT2D eigenvalue weighted by atomic mass is 79.9. The highest BCUT2D eigenvalue weighted by Crippen LogP contribution is 2.33. The molecule has 8 heteroatoms. The molecule has 6 nitrogen and oxygen atoms in total. The Hall–Kier alpha value is -2.19. The van der Waals surface area contributed by atoms with Gasteiger partial charge in [-0.3, -0.25) is 10.1 Å². The first-order valence-corrected chi connectivity index (χ1v) is 8.81. The number of nitrogens with zero attached hydrogens (tertiary/aromatic N) is 2. The minimum Gasteiger partial charge on any atom is -0.258 e. The molecule has 1 aromatic heterocycles. The molecule has 0 saturated heterocycles. The van der Waals surface area contributed by atoms with E-state index in [9.17, 15) is 18.5 Å². The summed E-state index contributed by atoms with van der Waals surface area (Å²) in [6, 6.07) is 10.8. The van der Waals surface area contributed by atoms with Gasteiger partial charge in [0, 0.05) is 22.1 Å². The number of non-ortho nitro benzene ring substituents is 1. The molecule has 0 fully saturated rings. The summed E-state index contributed by atoms with van der Waals surface area (Å²) in [7, 11) is -3.91. The van der Waals surface area contributed by atoms with E-state index in [2.05, 4.69) is 15.9 Å². The van der Waals surface area contributed by atoms with Crippen molar-refractivity contribution in [3.8, 4) is 0 Å². The van der Waals surface area contributed by atoms with E-state index in [0.29, 0.717) is 9.86 Å². The molecule has 0 aliphatic heterocycles. The molecule has 0 amide bonds. The molecule has 0 aliphatic rings. The lowest BCUT2D eigenvalue weighted by Crippen LogP contribution is -2.12. The van der Waals surface area contributed by atoms with Gasteiger partial charge in [-0.05, 0) is 31.2 Å². The van der Waals surface area contributed by atoms with E-state index in [1.54, 1.807) is 24.3 Å². The van der Waals surface area contributed by atoms with E-state index in [1.807, 2.05) is 6.92 Å². The van der Waals surface area contributed by atoms with Crippen LogP contribution in [0.25, 0.3) is 10.9 Å². The molecule has 0 atom stereocenters. The third-order valence-corrected chi connectivity index (χ3v) is 5.62. The summed E-state index contributed by atoms with van der Waals surface area (Å²) < 4.78 is 27.1. The maximum absolute atomic E-state index is 12.8. The second-order valence-electron chi connectivity index (χ2n) is 5.05. The van der Waals surface area contributed by atoms with Crippen molar-refractivity contribution < 1.29 is 13.3 Å². The predicted octanol–water partition coefficient (Wildman–Crippen LogP) is 3.86. The number of benzene rings is 2. The standard InChI is InChI=1S/C15H11BrN2O4S/c1-10-2-4-13(5-3-10)23(21,22)17-7-6-11-8-12(16)9-14(15(11)17)18(19)20/h2-9H,1H3. The normalized spacial score (nSPS) is 11.7. The molecular weight excluding hydrogens is 384 g/mol. The van der Waals surface area contributed by atoms with Crippen molar-refractivity contribution in [1.82, 2.24) is 3.97 Å². The molecule has 0 spiro atoms. The Labute approximate surface area is 140 Å². The van der Waals surface area contributed by atoms with Crippen molar-refractivity contribution in [3.63, 3.8) is 0 Å². The van der Waals surface area contributed by atoms with Crippen LogP contribution in [0.4, 0.5) is 5.69 Å². The van der Waals surface area contributed by atoms with E-state index in [1.165, 1.54) is 24.4 Å². The topological polar surface area (TPSA) is 82.2 Å². The molecule has 1 heterocycles. The van der Waals surface area contributed by atoms with Crippen molar-refractivity contribution in [3.05, 3.63) is 68.8 Å².